The fourth-order valence-corrected chi connectivity index (χ4v) is 7.79. The molecule has 0 aliphatic carbocycles. The second-order valence-corrected chi connectivity index (χ2v) is 19.7. The molecule has 61 heavy (non-hydrogen) atoms. The molecule has 0 bridgehead atoms. The molecular formula is C50H93NO9P+. The zero-order chi connectivity index (χ0) is 44.7. The molecule has 0 radical (unpaired) electrons. The van der Waals surface area contributed by atoms with E-state index < -0.39 is 32.5 Å². The van der Waals surface area contributed by atoms with Crippen molar-refractivity contribution in [1.82, 2.24) is 0 Å². The van der Waals surface area contributed by atoms with E-state index in [-0.39, 0.29) is 26.1 Å². The SMILES string of the molecule is CCCCC/C=C\CC1OC1C/C=C\C/C=C\CCCC(=O)OC[C@H](COP(=O)(O)OCC[N+](C)(C)C)OC(=O)CCCCCCCCCCCCCCCCCCCCC. The van der Waals surface area contributed by atoms with Crippen LogP contribution >= 0.6 is 7.82 Å². The normalized spacial score (nSPS) is 17.1. The summed E-state index contributed by atoms with van der Waals surface area (Å²) in [4.78, 5) is 35.5. The summed E-state index contributed by atoms with van der Waals surface area (Å²) in [5, 5.41) is 0. The van der Waals surface area contributed by atoms with E-state index in [2.05, 4.69) is 50.3 Å². The molecule has 356 valence electrons. The fourth-order valence-electron chi connectivity index (χ4n) is 7.05. The Labute approximate surface area is 374 Å². The maximum atomic E-state index is 12.7. The number of epoxide rings is 1. The van der Waals surface area contributed by atoms with Crippen molar-refractivity contribution in [2.24, 2.45) is 0 Å². The van der Waals surface area contributed by atoms with Crippen molar-refractivity contribution in [1.29, 1.82) is 0 Å². The van der Waals surface area contributed by atoms with Crippen LogP contribution in [0.1, 0.15) is 206 Å². The molecule has 0 aromatic rings. The number of allylic oxidation sites excluding steroid dienone is 4. The lowest BCUT2D eigenvalue weighted by Crippen LogP contribution is -2.37. The highest BCUT2D eigenvalue weighted by Gasteiger charge is 2.36. The van der Waals surface area contributed by atoms with E-state index in [1.165, 1.54) is 122 Å². The van der Waals surface area contributed by atoms with E-state index in [0.717, 1.165) is 44.9 Å². The summed E-state index contributed by atoms with van der Waals surface area (Å²) in [6, 6.07) is 0. The van der Waals surface area contributed by atoms with E-state index in [0.29, 0.717) is 36.1 Å². The summed E-state index contributed by atoms with van der Waals surface area (Å²) in [5.41, 5.74) is 0. The van der Waals surface area contributed by atoms with Gasteiger partial charge in [0.2, 0.25) is 0 Å². The summed E-state index contributed by atoms with van der Waals surface area (Å²) in [6.07, 6.45) is 46.6. The number of ether oxygens (including phenoxy) is 3. The molecule has 3 unspecified atom stereocenters. The zero-order valence-electron chi connectivity index (χ0n) is 39.8. The Morgan fingerprint density at radius 3 is 1.61 bits per heavy atom. The van der Waals surface area contributed by atoms with Crippen LogP contribution in [0.2, 0.25) is 0 Å². The number of likely N-dealkylation sites (N-methyl/N-ethyl adjacent to an activating group) is 1. The molecule has 1 heterocycles. The lowest BCUT2D eigenvalue weighted by atomic mass is 10.0. The van der Waals surface area contributed by atoms with Crippen LogP contribution in [-0.2, 0) is 37.4 Å². The molecule has 4 atom stereocenters. The molecule has 11 heteroatoms. The zero-order valence-corrected chi connectivity index (χ0v) is 40.7. The topological polar surface area (TPSA) is 121 Å². The van der Waals surface area contributed by atoms with Crippen LogP contribution in [0.25, 0.3) is 0 Å². The highest BCUT2D eigenvalue weighted by Crippen LogP contribution is 2.43. The number of hydrogen-bond acceptors (Lipinski definition) is 8. The van der Waals surface area contributed by atoms with Gasteiger partial charge in [0.05, 0.1) is 40.0 Å². The van der Waals surface area contributed by atoms with E-state index in [9.17, 15) is 19.0 Å². The first-order chi connectivity index (χ1) is 29.5. The predicted octanol–water partition coefficient (Wildman–Crippen LogP) is 13.5. The van der Waals surface area contributed by atoms with Crippen LogP contribution in [0.15, 0.2) is 36.5 Å². The van der Waals surface area contributed by atoms with E-state index in [4.69, 9.17) is 23.3 Å². The first kappa shape index (κ1) is 57.2. The number of nitrogens with zero attached hydrogens (tertiary/aromatic N) is 1. The third kappa shape index (κ3) is 39.5. The largest absolute Gasteiger partial charge is 0.472 e. The molecule has 0 amide bonds. The standard InChI is InChI=1S/C50H92NO9P/c1-6-8-10-12-14-15-16-17-18-19-20-21-22-23-24-25-28-33-37-41-50(53)59-46(45-58-61(54,55)57-43-42-51(3,4)5)44-56-49(52)40-36-32-29-26-27-31-35-39-48-47(60-48)38-34-30-13-11-9-7-2/h26,29-31,34-35,46-48H,6-25,27-28,32-33,36-45H2,1-5H3/p+1/b29-26-,34-30-,35-31-/t46-,47?,48?/m1/s1. The number of carbonyl (C=O) groups is 2. The average molecular weight is 883 g/mol. The number of phosphoric ester groups is 1. The van der Waals surface area contributed by atoms with Crippen LogP contribution in [0.4, 0.5) is 0 Å². The fraction of sp³-hybridized carbons (Fsp3) is 0.840. The smallest absolute Gasteiger partial charge is 0.462 e. The van der Waals surface area contributed by atoms with Crippen LogP contribution in [0.5, 0.6) is 0 Å². The van der Waals surface area contributed by atoms with Gasteiger partial charge in [0.25, 0.3) is 0 Å². The number of hydrogen-bond donors (Lipinski definition) is 1. The van der Waals surface area contributed by atoms with Crippen molar-refractivity contribution in [3.63, 3.8) is 0 Å². The van der Waals surface area contributed by atoms with Gasteiger partial charge in [0, 0.05) is 12.8 Å². The molecule has 1 fully saturated rings. The highest BCUT2D eigenvalue weighted by atomic mass is 31.2. The molecule has 0 saturated carbocycles. The lowest BCUT2D eigenvalue weighted by Gasteiger charge is -2.24. The first-order valence-corrected chi connectivity index (χ1v) is 26.3. The molecule has 10 nitrogen and oxygen atoms in total. The van der Waals surface area contributed by atoms with E-state index in [1.54, 1.807) is 0 Å². The minimum atomic E-state index is -4.39. The monoisotopic (exact) mass is 883 g/mol. The van der Waals surface area contributed by atoms with Crippen LogP contribution < -0.4 is 0 Å². The second-order valence-electron chi connectivity index (χ2n) is 18.2. The Hall–Kier alpha value is -1.81. The Balaban J connectivity index is 2.26. The average Bonchev–Trinajstić information content (AvgIpc) is 3.97. The van der Waals surface area contributed by atoms with Gasteiger partial charge in [-0.05, 0) is 51.4 Å². The number of rotatable bonds is 44. The third-order valence-corrected chi connectivity index (χ3v) is 12.1. The van der Waals surface area contributed by atoms with Crippen molar-refractivity contribution in [3.05, 3.63) is 36.5 Å². The lowest BCUT2D eigenvalue weighted by molar-refractivity contribution is -0.870. The van der Waals surface area contributed by atoms with Crippen molar-refractivity contribution < 1.29 is 46.8 Å². The van der Waals surface area contributed by atoms with Crippen molar-refractivity contribution in [2.75, 3.05) is 47.5 Å². The van der Waals surface area contributed by atoms with Gasteiger partial charge in [0.15, 0.2) is 6.10 Å². The predicted molar refractivity (Wildman–Crippen MR) is 251 cm³/mol. The van der Waals surface area contributed by atoms with Crippen molar-refractivity contribution in [2.45, 2.75) is 225 Å². The highest BCUT2D eigenvalue weighted by molar-refractivity contribution is 7.47. The van der Waals surface area contributed by atoms with Gasteiger partial charge in [0.1, 0.15) is 19.8 Å². The summed E-state index contributed by atoms with van der Waals surface area (Å²) in [5.74, 6) is -0.862. The molecule has 0 aromatic carbocycles. The molecule has 1 rings (SSSR count). The van der Waals surface area contributed by atoms with Crippen molar-refractivity contribution >= 4 is 19.8 Å². The van der Waals surface area contributed by atoms with Crippen LogP contribution in [0.3, 0.4) is 0 Å². The first-order valence-electron chi connectivity index (χ1n) is 24.8. The van der Waals surface area contributed by atoms with E-state index in [1.807, 2.05) is 21.1 Å². The van der Waals surface area contributed by atoms with Crippen LogP contribution in [0, 0.1) is 0 Å². The second kappa shape index (κ2) is 38.6. The van der Waals surface area contributed by atoms with Crippen LogP contribution in [-0.4, -0.2) is 87.1 Å². The molecule has 1 aliphatic rings. The number of quaternary nitrogens is 1. The summed E-state index contributed by atoms with van der Waals surface area (Å²) >= 11 is 0. The Morgan fingerprint density at radius 2 is 1.05 bits per heavy atom. The van der Waals surface area contributed by atoms with Gasteiger partial charge < -0.3 is 23.6 Å². The third-order valence-electron chi connectivity index (χ3n) is 11.1. The van der Waals surface area contributed by atoms with Gasteiger partial charge in [-0.3, -0.25) is 18.6 Å². The van der Waals surface area contributed by atoms with Gasteiger partial charge in [-0.25, -0.2) is 4.57 Å². The maximum Gasteiger partial charge on any atom is 0.472 e. The van der Waals surface area contributed by atoms with Gasteiger partial charge >= 0.3 is 19.8 Å². The van der Waals surface area contributed by atoms with Crippen molar-refractivity contribution in [3.8, 4) is 0 Å². The molecule has 0 spiro atoms. The minimum absolute atomic E-state index is 0.0219. The van der Waals surface area contributed by atoms with Gasteiger partial charge in [-0.1, -0.05) is 179 Å². The quantitative estimate of drug-likeness (QED) is 0.0159. The Kier molecular flexibility index (Phi) is 36.2. The molecular weight excluding hydrogens is 790 g/mol. The molecule has 1 saturated heterocycles. The summed E-state index contributed by atoms with van der Waals surface area (Å²) in [6.45, 7) is 4.34. The number of phosphoric acid groups is 1. The Bertz CT molecular complexity index is 1200. The number of carbonyl (C=O) groups excluding carboxylic acids is 2. The molecule has 1 aliphatic heterocycles. The molecule has 0 aromatic heterocycles. The van der Waals surface area contributed by atoms with Gasteiger partial charge in [-0.2, -0.15) is 0 Å². The minimum Gasteiger partial charge on any atom is -0.462 e. The maximum absolute atomic E-state index is 12.7. The van der Waals surface area contributed by atoms with E-state index >= 15 is 0 Å². The van der Waals surface area contributed by atoms with Gasteiger partial charge in [-0.15, -0.1) is 0 Å². The number of unbranched alkanes of at least 4 members (excludes halogenated alkanes) is 22. The number of esters is 2. The summed E-state index contributed by atoms with van der Waals surface area (Å²) in [7, 11) is 1.45. The summed E-state index contributed by atoms with van der Waals surface area (Å²) < 4.78 is 40.1. The Morgan fingerprint density at radius 1 is 0.590 bits per heavy atom. The molecule has 1 N–H and O–H groups in total.